The van der Waals surface area contributed by atoms with E-state index >= 15 is 0 Å². The summed E-state index contributed by atoms with van der Waals surface area (Å²) in [4.78, 5) is 12.6. The average Bonchev–Trinajstić information content (AvgIpc) is 3.17. The van der Waals surface area contributed by atoms with Crippen LogP contribution in [0.4, 0.5) is 6.01 Å². The third-order valence-corrected chi connectivity index (χ3v) is 7.02. The minimum Gasteiger partial charge on any atom is -0.407 e. The lowest BCUT2D eigenvalue weighted by atomic mass is 9.97. The predicted molar refractivity (Wildman–Crippen MR) is 109 cm³/mol. The molecule has 0 saturated carbocycles. The molecule has 1 aromatic carbocycles. The molecule has 1 atom stereocenters. The number of carbonyl (C=O) groups excluding carboxylic acids is 1. The van der Waals surface area contributed by atoms with Crippen LogP contribution in [0.5, 0.6) is 0 Å². The smallest absolute Gasteiger partial charge is 0.322 e. The maximum Gasteiger partial charge on any atom is 0.322 e. The second-order valence-corrected chi connectivity index (χ2v) is 10.2. The molecule has 2 heterocycles. The Hall–Kier alpha value is -2.26. The highest BCUT2D eigenvalue weighted by molar-refractivity contribution is 7.89. The number of nitrogens with zero attached hydrogens (tertiary/aromatic N) is 3. The monoisotopic (exact) mass is 420 g/mol. The lowest BCUT2D eigenvalue weighted by molar-refractivity contribution is 0.102. The minimum absolute atomic E-state index is 0.00993. The topological polar surface area (TPSA) is 105 Å². The highest BCUT2D eigenvalue weighted by Crippen LogP contribution is 2.27. The van der Waals surface area contributed by atoms with Gasteiger partial charge in [-0.1, -0.05) is 39.2 Å². The molecule has 0 bridgehead atoms. The van der Waals surface area contributed by atoms with Crippen molar-refractivity contribution in [2.45, 2.75) is 69.7 Å². The molecule has 1 aromatic heterocycles. The van der Waals surface area contributed by atoms with Crippen molar-refractivity contribution in [2.24, 2.45) is 0 Å². The van der Waals surface area contributed by atoms with Gasteiger partial charge in [0.25, 0.3) is 5.91 Å². The molecular formula is C20H28N4O4S. The van der Waals surface area contributed by atoms with E-state index in [0.717, 1.165) is 25.7 Å². The lowest BCUT2D eigenvalue weighted by Crippen LogP contribution is -2.43. The van der Waals surface area contributed by atoms with Crippen molar-refractivity contribution in [3.05, 3.63) is 35.7 Å². The molecule has 1 N–H and O–H groups in total. The molecule has 1 amide bonds. The van der Waals surface area contributed by atoms with Gasteiger partial charge in [-0.15, -0.1) is 5.10 Å². The quantitative estimate of drug-likeness (QED) is 0.793. The van der Waals surface area contributed by atoms with Gasteiger partial charge >= 0.3 is 6.01 Å². The largest absolute Gasteiger partial charge is 0.407 e. The van der Waals surface area contributed by atoms with Crippen LogP contribution < -0.4 is 5.32 Å². The molecular weight excluding hydrogens is 392 g/mol. The number of piperidine rings is 1. The first-order valence-electron chi connectivity index (χ1n) is 9.90. The van der Waals surface area contributed by atoms with Crippen LogP contribution in [-0.4, -0.2) is 41.4 Å². The first-order valence-corrected chi connectivity index (χ1v) is 11.3. The van der Waals surface area contributed by atoms with E-state index in [1.165, 1.54) is 24.3 Å². The van der Waals surface area contributed by atoms with E-state index in [2.05, 4.69) is 15.5 Å². The van der Waals surface area contributed by atoms with Crippen molar-refractivity contribution in [2.75, 3.05) is 11.9 Å². The van der Waals surface area contributed by atoms with E-state index in [9.17, 15) is 13.2 Å². The molecule has 1 aliphatic rings. The van der Waals surface area contributed by atoms with E-state index < -0.39 is 15.9 Å². The Morgan fingerprint density at radius 3 is 2.48 bits per heavy atom. The molecule has 3 rings (SSSR count). The maximum absolute atomic E-state index is 13.0. The molecule has 0 aliphatic carbocycles. The number of sulfonamides is 1. The number of rotatable bonds is 5. The molecule has 1 aliphatic heterocycles. The summed E-state index contributed by atoms with van der Waals surface area (Å²) in [5, 5.41) is 10.3. The zero-order chi connectivity index (χ0) is 21.2. The molecule has 1 fully saturated rings. The van der Waals surface area contributed by atoms with E-state index in [4.69, 9.17) is 4.42 Å². The van der Waals surface area contributed by atoms with Gasteiger partial charge in [-0.25, -0.2) is 8.42 Å². The second kappa shape index (κ2) is 8.23. The van der Waals surface area contributed by atoms with Gasteiger partial charge in [0.1, 0.15) is 0 Å². The molecule has 158 valence electrons. The molecule has 2 aromatic rings. The Kier molecular flexibility index (Phi) is 6.09. The van der Waals surface area contributed by atoms with Crippen LogP contribution in [0.25, 0.3) is 0 Å². The van der Waals surface area contributed by atoms with Crippen LogP contribution in [0.3, 0.4) is 0 Å². The van der Waals surface area contributed by atoms with Crippen molar-refractivity contribution in [1.29, 1.82) is 0 Å². The van der Waals surface area contributed by atoms with E-state index in [0.29, 0.717) is 18.0 Å². The zero-order valence-electron chi connectivity index (χ0n) is 17.3. The molecule has 9 heteroatoms. The third kappa shape index (κ3) is 4.67. The minimum atomic E-state index is -3.58. The Morgan fingerprint density at radius 2 is 1.90 bits per heavy atom. The summed E-state index contributed by atoms with van der Waals surface area (Å²) in [6.07, 6.45) is 3.60. The molecule has 0 spiro atoms. The van der Waals surface area contributed by atoms with Crippen molar-refractivity contribution in [3.8, 4) is 0 Å². The van der Waals surface area contributed by atoms with Gasteiger partial charge in [0, 0.05) is 23.6 Å². The number of benzene rings is 1. The Balaban J connectivity index is 1.74. The second-order valence-electron chi connectivity index (χ2n) is 8.31. The number of aromatic nitrogens is 2. The van der Waals surface area contributed by atoms with Crippen LogP contribution in [0.15, 0.2) is 33.6 Å². The van der Waals surface area contributed by atoms with Crippen LogP contribution in [0.2, 0.25) is 0 Å². The SMILES string of the molecule is CC[C@H]1CCCCN1S(=O)(=O)c1ccc(C(=O)Nc2nnc(C(C)(C)C)o2)cc1. The van der Waals surface area contributed by atoms with Crippen molar-refractivity contribution in [3.63, 3.8) is 0 Å². The predicted octanol–water partition coefficient (Wildman–Crippen LogP) is 3.57. The van der Waals surface area contributed by atoms with E-state index in [-0.39, 0.29) is 22.4 Å². The number of nitrogens with one attached hydrogen (secondary N) is 1. The summed E-state index contributed by atoms with van der Waals surface area (Å²) in [7, 11) is -3.58. The van der Waals surface area contributed by atoms with Gasteiger partial charge < -0.3 is 4.42 Å². The molecule has 0 unspecified atom stereocenters. The van der Waals surface area contributed by atoms with Gasteiger partial charge in [0.15, 0.2) is 0 Å². The number of carbonyl (C=O) groups is 1. The van der Waals surface area contributed by atoms with Crippen LogP contribution in [-0.2, 0) is 15.4 Å². The number of hydrogen-bond acceptors (Lipinski definition) is 6. The Labute approximate surface area is 171 Å². The first kappa shape index (κ1) is 21.4. The maximum atomic E-state index is 13.0. The lowest BCUT2D eigenvalue weighted by Gasteiger charge is -2.34. The van der Waals surface area contributed by atoms with Crippen LogP contribution >= 0.6 is 0 Å². The fourth-order valence-electron chi connectivity index (χ4n) is 3.36. The Morgan fingerprint density at radius 1 is 1.21 bits per heavy atom. The average molecular weight is 421 g/mol. The molecule has 0 radical (unpaired) electrons. The standard InChI is InChI=1S/C20H28N4O4S/c1-5-15-8-6-7-13-24(15)29(26,27)16-11-9-14(10-12-16)17(25)21-19-23-22-18(28-19)20(2,3)4/h9-12,15H,5-8,13H2,1-4H3,(H,21,23,25)/t15-/m0/s1. The third-order valence-electron chi connectivity index (χ3n) is 5.05. The summed E-state index contributed by atoms with van der Waals surface area (Å²) in [6.45, 7) is 8.33. The first-order chi connectivity index (χ1) is 13.6. The summed E-state index contributed by atoms with van der Waals surface area (Å²) in [5.41, 5.74) is -0.0123. The van der Waals surface area contributed by atoms with Crippen LogP contribution in [0, 0.1) is 0 Å². The fraction of sp³-hybridized carbons (Fsp3) is 0.550. The van der Waals surface area contributed by atoms with Gasteiger partial charge in [0.2, 0.25) is 15.9 Å². The highest BCUT2D eigenvalue weighted by Gasteiger charge is 2.32. The normalized spacial score (nSPS) is 18.6. The van der Waals surface area contributed by atoms with Gasteiger partial charge in [-0.2, -0.15) is 4.31 Å². The highest BCUT2D eigenvalue weighted by atomic mass is 32.2. The van der Waals surface area contributed by atoms with E-state index in [1.807, 2.05) is 27.7 Å². The van der Waals surface area contributed by atoms with Crippen molar-refractivity contribution >= 4 is 21.9 Å². The van der Waals surface area contributed by atoms with Gasteiger partial charge in [-0.3, -0.25) is 10.1 Å². The van der Waals surface area contributed by atoms with Crippen molar-refractivity contribution < 1.29 is 17.6 Å². The molecule has 29 heavy (non-hydrogen) atoms. The Bertz CT molecular complexity index is 961. The summed E-state index contributed by atoms with van der Waals surface area (Å²) < 4.78 is 33.1. The fourth-order valence-corrected chi connectivity index (χ4v) is 5.13. The molecule has 8 nitrogen and oxygen atoms in total. The van der Waals surface area contributed by atoms with Crippen molar-refractivity contribution in [1.82, 2.24) is 14.5 Å². The number of anilines is 1. The molecule has 1 saturated heterocycles. The van der Waals surface area contributed by atoms with Crippen LogP contribution in [0.1, 0.15) is 69.6 Å². The summed E-state index contributed by atoms with van der Waals surface area (Å²) in [5.74, 6) is -0.0243. The van der Waals surface area contributed by atoms with Gasteiger partial charge in [-0.05, 0) is 43.5 Å². The summed E-state index contributed by atoms with van der Waals surface area (Å²) >= 11 is 0. The van der Waals surface area contributed by atoms with Gasteiger partial charge in [0.05, 0.1) is 4.90 Å². The number of hydrogen-bond donors (Lipinski definition) is 1. The van der Waals surface area contributed by atoms with E-state index in [1.54, 1.807) is 4.31 Å². The summed E-state index contributed by atoms with van der Waals surface area (Å²) in [6, 6.07) is 5.98. The zero-order valence-corrected chi connectivity index (χ0v) is 18.1. The number of amides is 1.